The molecular formula is C26H24F3N9. The number of imidazole rings is 1. The fraction of sp³-hybridized carbons (Fsp3) is 0.231. The van der Waals surface area contributed by atoms with E-state index in [0.29, 0.717) is 33.8 Å². The molecule has 0 bridgehead atoms. The summed E-state index contributed by atoms with van der Waals surface area (Å²) in [6, 6.07) is 11.2. The predicted octanol–water partition coefficient (Wildman–Crippen LogP) is 4.80. The Kier molecular flexibility index (Phi) is 5.75. The number of aromatic amines is 2. The number of nitrogens with one attached hydrogen (secondary N) is 3. The number of benzene rings is 1. The van der Waals surface area contributed by atoms with Crippen LogP contribution in [0.2, 0.25) is 0 Å². The summed E-state index contributed by atoms with van der Waals surface area (Å²) in [6.45, 7) is 6.87. The molecule has 0 spiro atoms. The summed E-state index contributed by atoms with van der Waals surface area (Å²) < 4.78 is 38.7. The number of likely N-dealkylation sites (N-methyl/N-ethyl adjacent to an activating group) is 1. The Balaban J connectivity index is 1.35. The summed E-state index contributed by atoms with van der Waals surface area (Å²) in [5.74, 6) is 0.576. The number of para-hydroxylation sites is 1. The Morgan fingerprint density at radius 2 is 1.82 bits per heavy atom. The number of hydrogen-bond donors (Lipinski definition) is 3. The predicted molar refractivity (Wildman–Crippen MR) is 141 cm³/mol. The van der Waals surface area contributed by atoms with Gasteiger partial charge < -0.3 is 20.1 Å². The zero-order chi connectivity index (χ0) is 26.4. The van der Waals surface area contributed by atoms with Crippen LogP contribution in [0.3, 0.4) is 0 Å². The van der Waals surface area contributed by atoms with Gasteiger partial charge in [0.25, 0.3) is 0 Å². The molecule has 3 N–H and O–H groups in total. The molecule has 38 heavy (non-hydrogen) atoms. The zero-order valence-corrected chi connectivity index (χ0v) is 20.5. The van der Waals surface area contributed by atoms with E-state index in [2.05, 4.69) is 55.0 Å². The van der Waals surface area contributed by atoms with E-state index in [0.717, 1.165) is 42.9 Å². The van der Waals surface area contributed by atoms with Crippen molar-refractivity contribution < 1.29 is 13.2 Å². The third-order valence-corrected chi connectivity index (χ3v) is 6.64. The molecule has 5 heterocycles. The standard InChI is InChI=1S/C26H24F3N9/c1-15(26(27,28)29)31-17-12-16(13-30-14-17)18-6-7-20-23(32-18)24(36-35-20)25-33-19-4-3-5-21(22(19)34-25)38-10-8-37(2)9-11-38/h3-7,12-14,31H,1,8-11H2,2H3,(H,33,34)(H,35,36). The first kappa shape index (κ1) is 23.9. The van der Waals surface area contributed by atoms with Crippen LogP contribution in [0.5, 0.6) is 0 Å². The molecule has 4 aromatic heterocycles. The van der Waals surface area contributed by atoms with Crippen LogP contribution in [0.15, 0.2) is 61.1 Å². The SMILES string of the molecule is C=C(Nc1cncc(-c2ccc3[nH]nc(-c4nc5c(N6CCN(C)CC6)cccc5[nH]4)c3n2)c1)C(F)(F)F. The highest BCUT2D eigenvalue weighted by Gasteiger charge is 2.32. The van der Waals surface area contributed by atoms with Gasteiger partial charge in [0.2, 0.25) is 0 Å². The lowest BCUT2D eigenvalue weighted by Crippen LogP contribution is -2.44. The fourth-order valence-electron chi connectivity index (χ4n) is 4.55. The number of hydrogen-bond acceptors (Lipinski definition) is 7. The number of rotatable bonds is 5. The molecule has 0 saturated carbocycles. The van der Waals surface area contributed by atoms with E-state index in [1.807, 2.05) is 18.2 Å². The molecule has 1 saturated heterocycles. The number of fused-ring (bicyclic) bond motifs is 2. The summed E-state index contributed by atoms with van der Waals surface area (Å²) in [5, 5.41) is 9.72. The van der Waals surface area contributed by atoms with Gasteiger partial charge in [0.1, 0.15) is 16.7 Å². The molecule has 0 amide bonds. The van der Waals surface area contributed by atoms with Gasteiger partial charge in [-0.1, -0.05) is 12.6 Å². The lowest BCUT2D eigenvalue weighted by molar-refractivity contribution is -0.0898. The summed E-state index contributed by atoms with van der Waals surface area (Å²) in [6.07, 6.45) is -1.72. The lowest BCUT2D eigenvalue weighted by Gasteiger charge is -2.34. The number of H-pyrrole nitrogens is 2. The molecule has 6 rings (SSSR count). The van der Waals surface area contributed by atoms with Crippen LogP contribution in [0.25, 0.3) is 44.8 Å². The smallest absolute Gasteiger partial charge is 0.367 e. The number of anilines is 2. The first-order chi connectivity index (χ1) is 18.3. The number of piperazine rings is 1. The summed E-state index contributed by atoms with van der Waals surface area (Å²) in [4.78, 5) is 21.7. The molecular weight excluding hydrogens is 495 g/mol. The molecule has 1 aliphatic heterocycles. The van der Waals surface area contributed by atoms with E-state index in [1.165, 1.54) is 6.20 Å². The van der Waals surface area contributed by atoms with E-state index < -0.39 is 11.9 Å². The number of alkyl halides is 3. The van der Waals surface area contributed by atoms with Crippen molar-refractivity contribution in [1.82, 2.24) is 35.0 Å². The minimum Gasteiger partial charge on any atom is -0.367 e. The number of nitrogens with zero attached hydrogens (tertiary/aromatic N) is 6. The van der Waals surface area contributed by atoms with E-state index >= 15 is 0 Å². The largest absolute Gasteiger partial charge is 0.430 e. The maximum absolute atomic E-state index is 12.9. The van der Waals surface area contributed by atoms with E-state index in [1.54, 1.807) is 18.3 Å². The van der Waals surface area contributed by atoms with Gasteiger partial charge in [-0.25, -0.2) is 9.97 Å². The quantitative estimate of drug-likeness (QED) is 0.307. The van der Waals surface area contributed by atoms with Crippen molar-refractivity contribution in [2.45, 2.75) is 6.18 Å². The van der Waals surface area contributed by atoms with Crippen LogP contribution in [0.4, 0.5) is 24.5 Å². The number of allylic oxidation sites excluding steroid dienone is 1. The Morgan fingerprint density at radius 1 is 1.00 bits per heavy atom. The third kappa shape index (κ3) is 4.43. The third-order valence-electron chi connectivity index (χ3n) is 6.64. The van der Waals surface area contributed by atoms with Crippen molar-refractivity contribution in [2.24, 2.45) is 0 Å². The first-order valence-electron chi connectivity index (χ1n) is 12.0. The molecule has 9 nitrogen and oxygen atoms in total. The van der Waals surface area contributed by atoms with Crippen LogP contribution in [0.1, 0.15) is 0 Å². The molecule has 5 aromatic rings. The second kappa shape index (κ2) is 9.14. The van der Waals surface area contributed by atoms with Gasteiger partial charge in [-0.05, 0) is 37.4 Å². The minimum atomic E-state index is -4.56. The second-order valence-electron chi connectivity index (χ2n) is 9.28. The first-order valence-corrected chi connectivity index (χ1v) is 12.0. The van der Waals surface area contributed by atoms with Gasteiger partial charge in [0.05, 0.1) is 34.3 Å². The normalized spacial score (nSPS) is 14.9. The zero-order valence-electron chi connectivity index (χ0n) is 20.5. The van der Waals surface area contributed by atoms with E-state index in [4.69, 9.17) is 9.97 Å². The summed E-state index contributed by atoms with van der Waals surface area (Å²) in [7, 11) is 2.12. The monoisotopic (exact) mass is 519 g/mol. The number of pyridine rings is 2. The highest BCUT2D eigenvalue weighted by molar-refractivity contribution is 5.95. The molecule has 0 unspecified atom stereocenters. The Labute approximate surface area is 215 Å². The molecule has 194 valence electrons. The van der Waals surface area contributed by atoms with Gasteiger partial charge in [-0.3, -0.25) is 10.1 Å². The highest BCUT2D eigenvalue weighted by Crippen LogP contribution is 2.32. The molecule has 0 atom stereocenters. The van der Waals surface area contributed by atoms with Crippen molar-refractivity contribution >= 4 is 33.4 Å². The van der Waals surface area contributed by atoms with Crippen molar-refractivity contribution in [3.63, 3.8) is 0 Å². The van der Waals surface area contributed by atoms with Crippen molar-refractivity contribution in [3.05, 3.63) is 61.1 Å². The van der Waals surface area contributed by atoms with Gasteiger partial charge in [0, 0.05) is 37.9 Å². The Bertz CT molecular complexity index is 1650. The van der Waals surface area contributed by atoms with Gasteiger partial charge in [0.15, 0.2) is 11.5 Å². The average Bonchev–Trinajstić information content (AvgIpc) is 3.52. The number of aromatic nitrogens is 6. The average molecular weight is 520 g/mol. The Morgan fingerprint density at radius 3 is 2.61 bits per heavy atom. The fourth-order valence-corrected chi connectivity index (χ4v) is 4.55. The summed E-state index contributed by atoms with van der Waals surface area (Å²) >= 11 is 0. The van der Waals surface area contributed by atoms with Crippen LogP contribution < -0.4 is 10.2 Å². The van der Waals surface area contributed by atoms with E-state index in [-0.39, 0.29) is 5.69 Å². The number of halogens is 3. The summed E-state index contributed by atoms with van der Waals surface area (Å²) in [5.41, 5.74) is 4.84. The van der Waals surface area contributed by atoms with Gasteiger partial charge >= 0.3 is 6.18 Å². The molecule has 0 aliphatic carbocycles. The topological polar surface area (TPSA) is 102 Å². The van der Waals surface area contributed by atoms with Gasteiger partial charge in [-0.2, -0.15) is 18.3 Å². The van der Waals surface area contributed by atoms with Crippen LogP contribution in [0, 0.1) is 0 Å². The Hall–Kier alpha value is -4.45. The highest BCUT2D eigenvalue weighted by atomic mass is 19.4. The molecule has 0 radical (unpaired) electrons. The van der Waals surface area contributed by atoms with Crippen molar-refractivity contribution in [3.8, 4) is 22.8 Å². The molecule has 12 heteroatoms. The molecule has 1 aromatic carbocycles. The second-order valence-corrected chi connectivity index (χ2v) is 9.28. The van der Waals surface area contributed by atoms with Crippen molar-refractivity contribution in [2.75, 3.05) is 43.4 Å². The van der Waals surface area contributed by atoms with Crippen LogP contribution >= 0.6 is 0 Å². The maximum atomic E-state index is 12.9. The van der Waals surface area contributed by atoms with Crippen LogP contribution in [-0.2, 0) is 0 Å². The van der Waals surface area contributed by atoms with Crippen LogP contribution in [-0.4, -0.2) is 74.4 Å². The van der Waals surface area contributed by atoms with Gasteiger partial charge in [-0.15, -0.1) is 0 Å². The molecule has 1 aliphatic rings. The molecule has 1 fully saturated rings. The minimum absolute atomic E-state index is 0.160. The van der Waals surface area contributed by atoms with Crippen molar-refractivity contribution in [1.29, 1.82) is 0 Å². The lowest BCUT2D eigenvalue weighted by atomic mass is 10.1. The maximum Gasteiger partial charge on any atom is 0.430 e. The van der Waals surface area contributed by atoms with E-state index in [9.17, 15) is 13.2 Å².